The van der Waals surface area contributed by atoms with Crippen LogP contribution >= 0.6 is 0 Å². The van der Waals surface area contributed by atoms with Crippen LogP contribution in [-0.2, 0) is 21.0 Å². The Morgan fingerprint density at radius 1 is 1.00 bits per heavy atom. The lowest BCUT2D eigenvalue weighted by Crippen LogP contribution is -2.39. The minimum atomic E-state index is -4.11. The van der Waals surface area contributed by atoms with E-state index < -0.39 is 28.2 Å². The fraction of sp³-hybridized carbons (Fsp3) is 0.192. The molecule has 0 aliphatic rings. The van der Waals surface area contributed by atoms with E-state index in [0.29, 0.717) is 34.3 Å². The Balaban J connectivity index is 1.70. The van der Waals surface area contributed by atoms with Crippen LogP contribution < -0.4 is 26.6 Å². The molecule has 0 atom stereocenters. The van der Waals surface area contributed by atoms with Crippen molar-refractivity contribution in [1.82, 2.24) is 14.8 Å². The Morgan fingerprint density at radius 2 is 1.66 bits per heavy atom. The number of hydrogen-bond acceptors (Lipinski definition) is 7. The van der Waals surface area contributed by atoms with Crippen molar-refractivity contribution >= 4 is 22.4 Å². The second kappa shape index (κ2) is 10.8. The van der Waals surface area contributed by atoms with E-state index in [1.54, 1.807) is 38.1 Å². The second-order valence-corrected chi connectivity index (χ2v) is 10.5. The molecule has 196 valence electrons. The number of aromatic amines is 1. The normalized spacial score (nSPS) is 11.4. The van der Waals surface area contributed by atoms with Gasteiger partial charge in [0.1, 0.15) is 17.2 Å². The third kappa shape index (κ3) is 5.77. The maximum absolute atomic E-state index is 12.6. The highest BCUT2D eigenvalue weighted by atomic mass is 32.2. The summed E-state index contributed by atoms with van der Waals surface area (Å²) in [5.74, 6) is 0.741. The van der Waals surface area contributed by atoms with Crippen LogP contribution in [0.4, 0.5) is 0 Å². The summed E-state index contributed by atoms with van der Waals surface area (Å²) in [6.07, 6.45) is 0.456. The molecule has 0 saturated heterocycles. The number of benzene rings is 3. The van der Waals surface area contributed by atoms with Crippen LogP contribution in [0.15, 0.2) is 75.1 Å². The van der Waals surface area contributed by atoms with Gasteiger partial charge in [0.05, 0.1) is 10.6 Å². The van der Waals surface area contributed by atoms with Gasteiger partial charge in [-0.05, 0) is 61.9 Å². The van der Waals surface area contributed by atoms with Crippen molar-refractivity contribution in [3.8, 4) is 17.2 Å². The number of sulfonamides is 1. The lowest BCUT2D eigenvalue weighted by molar-refractivity contribution is 0.427. The van der Waals surface area contributed by atoms with Gasteiger partial charge in [0.25, 0.3) is 5.56 Å². The molecule has 0 spiro atoms. The molecule has 0 radical (unpaired) electrons. The molecule has 3 aromatic carbocycles. The first-order valence-corrected chi connectivity index (χ1v) is 13.3. The van der Waals surface area contributed by atoms with Gasteiger partial charge in [-0.15, -0.1) is 0 Å². The van der Waals surface area contributed by atoms with Crippen molar-refractivity contribution in [1.29, 1.82) is 0 Å². The molecule has 12 heteroatoms. The standard InChI is InChI=1S/C26H27BN4O6S/c1-16-12-20(31-26(33)29-25(32)18(3)30-31)13-17(2)24(16)37-21-10-11-22(23(14-21)38(28,34)35)27(36-4)15-19-8-6-5-7-9-19/h5-14H,15H2,1-4H3,(H2,28,34,35)(H,29,32,33). The smallest absolute Gasteiger partial charge is 0.349 e. The van der Waals surface area contributed by atoms with Crippen LogP contribution in [0, 0.1) is 20.8 Å². The first-order chi connectivity index (χ1) is 18.0. The third-order valence-corrected chi connectivity index (χ3v) is 7.05. The van der Waals surface area contributed by atoms with Gasteiger partial charge in [-0.1, -0.05) is 42.0 Å². The predicted octanol–water partition coefficient (Wildman–Crippen LogP) is 1.91. The number of nitrogens with one attached hydrogen (secondary N) is 1. The molecule has 38 heavy (non-hydrogen) atoms. The highest BCUT2D eigenvalue weighted by Gasteiger charge is 2.26. The Labute approximate surface area is 220 Å². The Kier molecular flexibility index (Phi) is 7.67. The molecule has 10 nitrogen and oxygen atoms in total. The molecule has 1 heterocycles. The average Bonchev–Trinajstić information content (AvgIpc) is 2.87. The Hall–Kier alpha value is -4.00. The number of ether oxygens (including phenoxy) is 1. The predicted molar refractivity (Wildman–Crippen MR) is 145 cm³/mol. The zero-order valence-electron chi connectivity index (χ0n) is 21.4. The number of nitrogens with two attached hydrogens (primary N) is 1. The average molecular weight is 534 g/mol. The van der Waals surface area contributed by atoms with Gasteiger partial charge in [-0.3, -0.25) is 9.78 Å². The first-order valence-electron chi connectivity index (χ1n) is 11.7. The number of aryl methyl sites for hydroxylation is 3. The van der Waals surface area contributed by atoms with E-state index in [2.05, 4.69) is 10.1 Å². The summed E-state index contributed by atoms with van der Waals surface area (Å²) >= 11 is 0. The van der Waals surface area contributed by atoms with Crippen molar-refractivity contribution in [2.45, 2.75) is 32.0 Å². The largest absolute Gasteiger partial charge is 0.457 e. The molecular formula is C26H27BN4O6S. The fourth-order valence-electron chi connectivity index (χ4n) is 4.22. The summed E-state index contributed by atoms with van der Waals surface area (Å²) in [6, 6.07) is 17.6. The van der Waals surface area contributed by atoms with Gasteiger partial charge >= 0.3 is 12.6 Å². The van der Waals surface area contributed by atoms with Crippen molar-refractivity contribution in [2.75, 3.05) is 7.11 Å². The molecule has 0 aliphatic heterocycles. The summed E-state index contributed by atoms with van der Waals surface area (Å²) in [5, 5.41) is 9.65. The topological polar surface area (TPSA) is 146 Å². The van der Waals surface area contributed by atoms with Crippen molar-refractivity contribution in [2.24, 2.45) is 5.14 Å². The molecule has 4 aromatic rings. The summed E-state index contributed by atoms with van der Waals surface area (Å²) in [7, 11) is -2.59. The molecule has 0 bridgehead atoms. The molecule has 1 aromatic heterocycles. The summed E-state index contributed by atoms with van der Waals surface area (Å²) < 4.78 is 37.9. The fourth-order valence-corrected chi connectivity index (χ4v) is 5.03. The number of primary sulfonamides is 1. The molecule has 4 rings (SSSR count). The van der Waals surface area contributed by atoms with Crippen LogP contribution in [0.3, 0.4) is 0 Å². The zero-order valence-corrected chi connectivity index (χ0v) is 22.2. The lowest BCUT2D eigenvalue weighted by atomic mass is 9.56. The molecule has 0 amide bonds. The minimum absolute atomic E-state index is 0.0934. The van der Waals surface area contributed by atoms with E-state index in [1.165, 1.54) is 20.1 Å². The van der Waals surface area contributed by atoms with Gasteiger partial charge in [-0.2, -0.15) is 9.78 Å². The molecule has 0 saturated carbocycles. The van der Waals surface area contributed by atoms with E-state index in [1.807, 2.05) is 30.3 Å². The number of H-pyrrole nitrogens is 1. The highest BCUT2D eigenvalue weighted by molar-refractivity contribution is 7.89. The number of rotatable bonds is 8. The molecule has 0 aliphatic carbocycles. The molecule has 0 fully saturated rings. The van der Waals surface area contributed by atoms with E-state index >= 15 is 0 Å². The van der Waals surface area contributed by atoms with Crippen molar-refractivity contribution in [3.05, 3.63) is 104 Å². The van der Waals surface area contributed by atoms with Crippen LogP contribution in [0.1, 0.15) is 22.4 Å². The quantitative estimate of drug-likeness (QED) is 0.329. The second-order valence-electron chi connectivity index (χ2n) is 8.93. The molecule has 3 N–H and O–H groups in total. The summed E-state index contributed by atoms with van der Waals surface area (Å²) in [4.78, 5) is 26.1. The first kappa shape index (κ1) is 27.1. The van der Waals surface area contributed by atoms with Crippen molar-refractivity contribution < 1.29 is 17.8 Å². The number of hydrogen-bond donors (Lipinski definition) is 2. The van der Waals surface area contributed by atoms with Crippen LogP contribution in [0.2, 0.25) is 0 Å². The van der Waals surface area contributed by atoms with Gasteiger partial charge in [0, 0.05) is 13.2 Å². The maximum atomic E-state index is 12.6. The molecule has 0 unspecified atom stereocenters. The van der Waals surface area contributed by atoms with Gasteiger partial charge in [-0.25, -0.2) is 18.4 Å². The minimum Gasteiger partial charge on any atom is -0.457 e. The van der Waals surface area contributed by atoms with Crippen LogP contribution in [0.5, 0.6) is 11.5 Å². The Morgan fingerprint density at radius 3 is 2.26 bits per heavy atom. The molecular weight excluding hydrogens is 507 g/mol. The van der Waals surface area contributed by atoms with Crippen molar-refractivity contribution in [3.63, 3.8) is 0 Å². The highest BCUT2D eigenvalue weighted by Crippen LogP contribution is 2.31. The van der Waals surface area contributed by atoms with E-state index in [0.717, 1.165) is 10.2 Å². The van der Waals surface area contributed by atoms with Gasteiger partial charge in [0.15, 0.2) is 0 Å². The van der Waals surface area contributed by atoms with Crippen LogP contribution in [-0.4, -0.2) is 37.2 Å². The maximum Gasteiger partial charge on any atom is 0.349 e. The van der Waals surface area contributed by atoms with E-state index in [-0.39, 0.29) is 16.3 Å². The monoisotopic (exact) mass is 534 g/mol. The van der Waals surface area contributed by atoms with E-state index in [9.17, 15) is 18.0 Å². The Bertz CT molecular complexity index is 1700. The number of nitrogens with zero attached hydrogens (tertiary/aromatic N) is 2. The van der Waals surface area contributed by atoms with Gasteiger partial charge < -0.3 is 9.39 Å². The summed E-state index contributed by atoms with van der Waals surface area (Å²) in [5.41, 5.74) is 2.12. The lowest BCUT2D eigenvalue weighted by Gasteiger charge is -2.18. The van der Waals surface area contributed by atoms with Crippen LogP contribution in [0.25, 0.3) is 5.69 Å². The summed E-state index contributed by atoms with van der Waals surface area (Å²) in [6.45, 7) is 4.53. The number of aromatic nitrogens is 3. The zero-order chi connectivity index (χ0) is 27.6. The van der Waals surface area contributed by atoms with Gasteiger partial charge in [0.2, 0.25) is 10.0 Å². The third-order valence-electron chi connectivity index (χ3n) is 6.09. The van der Waals surface area contributed by atoms with E-state index in [4.69, 9.17) is 14.5 Å². The SMILES string of the molecule is COB(Cc1ccccc1)c1ccc(Oc2c(C)cc(-n3nc(C)c(=O)[nH]c3=O)cc2C)cc1S(N)(=O)=O.